The molecule has 0 spiro atoms. The van der Waals surface area contributed by atoms with Crippen LogP contribution in [0.1, 0.15) is 28.8 Å². The van der Waals surface area contributed by atoms with Gasteiger partial charge in [-0.2, -0.15) is 0 Å². The molecule has 0 unspecified atom stereocenters. The van der Waals surface area contributed by atoms with E-state index in [4.69, 9.17) is 4.42 Å². The maximum Gasteiger partial charge on any atom is 0.573 e. The molecule has 7 nitrogen and oxygen atoms in total. The number of para-hydroxylation sites is 1. The van der Waals surface area contributed by atoms with E-state index in [1.54, 1.807) is 25.2 Å². The van der Waals surface area contributed by atoms with Crippen molar-refractivity contribution < 1.29 is 32.2 Å². The van der Waals surface area contributed by atoms with Crippen LogP contribution in [0.3, 0.4) is 0 Å². The summed E-state index contributed by atoms with van der Waals surface area (Å²) in [5, 5.41) is 11.0. The number of rotatable bonds is 3. The molecule has 1 amide bonds. The monoisotopic (exact) mass is 436 g/mol. The molecule has 1 aromatic heterocycles. The highest BCUT2D eigenvalue weighted by Gasteiger charge is 2.37. The number of halogens is 3. The van der Waals surface area contributed by atoms with Crippen molar-refractivity contribution in [1.82, 2.24) is 9.47 Å². The second-order valence-corrected chi connectivity index (χ2v) is 7.48. The Balaban J connectivity index is 1.52. The number of hydrogen-bond donors (Lipinski definition) is 1. The number of alkyl halides is 3. The number of likely N-dealkylation sites (tertiary alicyclic amines) is 1. The Bertz CT molecular complexity index is 1190. The lowest BCUT2D eigenvalue weighted by molar-refractivity contribution is -0.274. The van der Waals surface area contributed by atoms with Gasteiger partial charge in [0.15, 0.2) is 5.58 Å². The normalized spacial score (nSPS) is 16.5. The van der Waals surface area contributed by atoms with E-state index in [1.165, 1.54) is 21.6 Å². The summed E-state index contributed by atoms with van der Waals surface area (Å²) in [7, 11) is 1.54. The average Bonchev–Trinajstić information content (AvgIpc) is 3.01. The summed E-state index contributed by atoms with van der Waals surface area (Å²) in [6.45, 7) is 0.348. The predicted octanol–water partition coefficient (Wildman–Crippen LogP) is 3.15. The molecular weight excluding hydrogens is 417 g/mol. The number of aryl methyl sites for hydroxylation is 1. The van der Waals surface area contributed by atoms with E-state index < -0.39 is 23.5 Å². The molecule has 164 valence electrons. The number of nitrogens with zero attached hydrogens (tertiary/aromatic N) is 2. The Morgan fingerprint density at radius 2 is 1.84 bits per heavy atom. The maximum absolute atomic E-state index is 13.0. The van der Waals surface area contributed by atoms with Crippen LogP contribution in [0.4, 0.5) is 13.2 Å². The average molecular weight is 436 g/mol. The lowest BCUT2D eigenvalue weighted by Crippen LogP contribution is -2.45. The Morgan fingerprint density at radius 3 is 2.52 bits per heavy atom. The molecule has 2 aromatic carbocycles. The van der Waals surface area contributed by atoms with E-state index in [9.17, 15) is 27.9 Å². The second kappa shape index (κ2) is 7.45. The molecule has 2 heterocycles. The van der Waals surface area contributed by atoms with Gasteiger partial charge in [0.1, 0.15) is 5.75 Å². The molecule has 1 N–H and O–H groups in total. The number of amides is 1. The molecule has 1 aliphatic heterocycles. The lowest BCUT2D eigenvalue weighted by Gasteiger charge is -2.38. The fourth-order valence-corrected chi connectivity index (χ4v) is 3.84. The van der Waals surface area contributed by atoms with E-state index in [0.29, 0.717) is 5.52 Å². The van der Waals surface area contributed by atoms with Crippen LogP contribution in [0.25, 0.3) is 11.1 Å². The fraction of sp³-hybridized carbons (Fsp3) is 0.333. The molecular formula is C21H19F3N2O5. The molecule has 0 atom stereocenters. The molecule has 0 radical (unpaired) electrons. The van der Waals surface area contributed by atoms with Gasteiger partial charge in [-0.3, -0.25) is 9.36 Å². The number of carbonyl (C=O) groups is 1. The number of hydrogen-bond acceptors (Lipinski definition) is 5. The maximum atomic E-state index is 13.0. The first kappa shape index (κ1) is 21.0. The number of fused-ring (bicyclic) bond motifs is 1. The van der Waals surface area contributed by atoms with Gasteiger partial charge in [-0.15, -0.1) is 13.2 Å². The van der Waals surface area contributed by atoms with Crippen molar-refractivity contribution in [3.63, 3.8) is 0 Å². The molecule has 4 rings (SSSR count). The summed E-state index contributed by atoms with van der Waals surface area (Å²) < 4.78 is 47.9. The molecule has 1 aliphatic rings. The number of aromatic nitrogens is 1. The third kappa shape index (κ3) is 4.02. The molecule has 10 heteroatoms. The van der Waals surface area contributed by atoms with E-state index in [2.05, 4.69) is 4.74 Å². The summed E-state index contributed by atoms with van der Waals surface area (Å²) in [6.07, 6.45) is -4.57. The number of benzene rings is 2. The fourth-order valence-electron chi connectivity index (χ4n) is 3.84. The Hall–Kier alpha value is -3.27. The first-order valence-electron chi connectivity index (χ1n) is 9.54. The minimum absolute atomic E-state index is 0.128. The van der Waals surface area contributed by atoms with Crippen LogP contribution in [-0.4, -0.2) is 39.9 Å². The van der Waals surface area contributed by atoms with Crippen molar-refractivity contribution in [3.05, 3.63) is 64.1 Å². The van der Waals surface area contributed by atoms with Gasteiger partial charge in [0, 0.05) is 20.1 Å². The van der Waals surface area contributed by atoms with Crippen LogP contribution < -0.4 is 10.5 Å². The van der Waals surface area contributed by atoms with Gasteiger partial charge in [-0.1, -0.05) is 18.2 Å². The third-order valence-electron chi connectivity index (χ3n) is 5.53. The molecule has 3 aromatic rings. The lowest BCUT2D eigenvalue weighted by atomic mass is 9.84. The summed E-state index contributed by atoms with van der Waals surface area (Å²) in [5.41, 5.74) is -0.185. The predicted molar refractivity (Wildman–Crippen MR) is 104 cm³/mol. The molecule has 1 saturated heterocycles. The molecule has 0 saturated carbocycles. The van der Waals surface area contributed by atoms with Gasteiger partial charge < -0.3 is 19.2 Å². The zero-order valence-corrected chi connectivity index (χ0v) is 16.5. The van der Waals surface area contributed by atoms with E-state index in [0.717, 1.165) is 12.1 Å². The molecule has 0 aliphatic carbocycles. The first-order valence-corrected chi connectivity index (χ1v) is 9.54. The van der Waals surface area contributed by atoms with Crippen molar-refractivity contribution >= 4 is 17.0 Å². The highest BCUT2D eigenvalue weighted by molar-refractivity contribution is 6.04. The van der Waals surface area contributed by atoms with Gasteiger partial charge in [-0.25, -0.2) is 4.79 Å². The van der Waals surface area contributed by atoms with Gasteiger partial charge in [0.25, 0.3) is 5.91 Å². The van der Waals surface area contributed by atoms with Crippen molar-refractivity contribution in [1.29, 1.82) is 0 Å². The zero-order valence-electron chi connectivity index (χ0n) is 16.5. The Kier molecular flexibility index (Phi) is 5.04. The van der Waals surface area contributed by atoms with Crippen LogP contribution in [0.5, 0.6) is 5.75 Å². The topological polar surface area (TPSA) is 84.9 Å². The number of piperidine rings is 1. The highest BCUT2D eigenvalue weighted by atomic mass is 19.4. The standard InChI is InChI=1S/C21H19F3N2O5/c1-25-16-7-3-6-15(17(16)30-19(25)28)18(27)26-10-8-20(29,9-11-26)13-4-2-5-14(12-13)31-21(22,23)24/h2-7,12,29H,8-11H2,1H3. The van der Waals surface area contributed by atoms with Crippen molar-refractivity contribution in [2.75, 3.05) is 13.1 Å². The second-order valence-electron chi connectivity index (χ2n) is 7.48. The van der Waals surface area contributed by atoms with Crippen LogP contribution in [0.15, 0.2) is 51.7 Å². The summed E-state index contributed by atoms with van der Waals surface area (Å²) in [5.74, 6) is -1.34. The summed E-state index contributed by atoms with van der Waals surface area (Å²) in [4.78, 5) is 26.3. The van der Waals surface area contributed by atoms with Crippen molar-refractivity contribution in [2.45, 2.75) is 24.8 Å². The Morgan fingerprint density at radius 1 is 1.16 bits per heavy atom. The van der Waals surface area contributed by atoms with Crippen LogP contribution in [0.2, 0.25) is 0 Å². The summed E-state index contributed by atoms with van der Waals surface area (Å²) in [6, 6.07) is 10.1. The van der Waals surface area contributed by atoms with Gasteiger partial charge in [0.05, 0.1) is 16.7 Å². The van der Waals surface area contributed by atoms with Crippen LogP contribution in [0, 0.1) is 0 Å². The van der Waals surface area contributed by atoms with E-state index in [1.807, 2.05) is 0 Å². The van der Waals surface area contributed by atoms with Crippen molar-refractivity contribution in [3.8, 4) is 5.75 Å². The Labute approximate surface area is 174 Å². The molecule has 31 heavy (non-hydrogen) atoms. The molecule has 1 fully saturated rings. The van der Waals surface area contributed by atoms with Gasteiger partial charge in [0.2, 0.25) is 0 Å². The van der Waals surface area contributed by atoms with Crippen LogP contribution >= 0.6 is 0 Å². The highest BCUT2D eigenvalue weighted by Crippen LogP contribution is 2.36. The number of ether oxygens (including phenoxy) is 1. The van der Waals surface area contributed by atoms with E-state index >= 15 is 0 Å². The first-order chi connectivity index (χ1) is 14.6. The third-order valence-corrected chi connectivity index (χ3v) is 5.53. The summed E-state index contributed by atoms with van der Waals surface area (Å²) >= 11 is 0. The molecule has 0 bridgehead atoms. The quantitative estimate of drug-likeness (QED) is 0.682. The van der Waals surface area contributed by atoms with Crippen molar-refractivity contribution in [2.24, 2.45) is 7.05 Å². The largest absolute Gasteiger partial charge is 0.573 e. The zero-order chi connectivity index (χ0) is 22.4. The van der Waals surface area contributed by atoms with Crippen LogP contribution in [-0.2, 0) is 12.6 Å². The minimum atomic E-state index is -4.83. The van der Waals surface area contributed by atoms with Gasteiger partial charge in [-0.05, 0) is 42.7 Å². The number of aliphatic hydroxyl groups is 1. The number of oxazole rings is 1. The smallest absolute Gasteiger partial charge is 0.407 e. The van der Waals surface area contributed by atoms with Gasteiger partial charge >= 0.3 is 12.1 Å². The SMILES string of the molecule is Cn1c(=O)oc2c(C(=O)N3CCC(O)(c4cccc(OC(F)(F)F)c4)CC3)cccc21. The number of carbonyl (C=O) groups excluding carboxylic acids is 1. The van der Waals surface area contributed by atoms with E-state index in [-0.39, 0.29) is 48.5 Å². The minimum Gasteiger partial charge on any atom is -0.407 e.